The van der Waals surface area contributed by atoms with Crippen molar-refractivity contribution in [3.63, 3.8) is 0 Å². The smallest absolute Gasteiger partial charge is 0.124 e. The van der Waals surface area contributed by atoms with Gasteiger partial charge in [-0.25, -0.2) is 4.39 Å². The van der Waals surface area contributed by atoms with Gasteiger partial charge < -0.3 is 9.97 Å². The molecule has 0 bridgehead atoms. The van der Waals surface area contributed by atoms with Crippen molar-refractivity contribution in [1.29, 1.82) is 0 Å². The SMILES string of the molecule is Cc1cc(-c2[c-]cc3sc4c(-c5ccccc5)cc(F)cc4c3c2)ncc1-c1ccccc1.Cc1cc(-c2[c-]cccc2)ncc1[Si](C)(C)C.[Ir]. The van der Waals surface area contributed by atoms with E-state index in [9.17, 15) is 4.39 Å². The third kappa shape index (κ3) is 7.85. The molecule has 0 amide bonds. The van der Waals surface area contributed by atoms with Gasteiger partial charge in [-0.15, -0.1) is 59.7 Å². The summed E-state index contributed by atoms with van der Waals surface area (Å²) in [7, 11) is -1.27. The number of thiophene rings is 1. The number of aryl methyl sites for hydroxylation is 2. The number of hydrogen-bond acceptors (Lipinski definition) is 3. The molecule has 0 atom stereocenters. The molecule has 0 aliphatic rings. The van der Waals surface area contributed by atoms with Gasteiger partial charge in [-0.05, 0) is 69.3 Å². The van der Waals surface area contributed by atoms with Crippen molar-refractivity contribution in [3.05, 3.63) is 163 Å². The Labute approximate surface area is 318 Å². The van der Waals surface area contributed by atoms with E-state index in [4.69, 9.17) is 4.98 Å². The summed E-state index contributed by atoms with van der Waals surface area (Å²) in [6.45, 7) is 11.3. The van der Waals surface area contributed by atoms with Crippen LogP contribution in [0.15, 0.2) is 134 Å². The molecule has 0 spiro atoms. The molecule has 8 aromatic rings. The Balaban J connectivity index is 0.000000211. The van der Waals surface area contributed by atoms with Gasteiger partial charge >= 0.3 is 0 Å². The van der Waals surface area contributed by atoms with Gasteiger partial charge in [0.05, 0.1) is 8.07 Å². The van der Waals surface area contributed by atoms with Crippen molar-refractivity contribution >= 4 is 44.8 Å². The molecule has 1 radical (unpaired) electrons. The number of halogens is 1. The minimum atomic E-state index is -1.27. The normalized spacial score (nSPS) is 11.2. The van der Waals surface area contributed by atoms with Gasteiger partial charge in [0.2, 0.25) is 0 Å². The second-order valence-electron chi connectivity index (χ2n) is 13.6. The largest absolute Gasteiger partial charge is 0.305 e. The Bertz CT molecular complexity index is 2440. The van der Waals surface area contributed by atoms with Crippen LogP contribution in [0.1, 0.15) is 11.1 Å². The molecular formula is C45H37FIrN2SSi-2. The van der Waals surface area contributed by atoms with Crippen LogP contribution in [-0.4, -0.2) is 18.0 Å². The van der Waals surface area contributed by atoms with Gasteiger partial charge in [-0.2, -0.15) is 11.3 Å². The molecular weight excluding hydrogens is 840 g/mol. The minimum absolute atomic E-state index is 0. The molecule has 3 aromatic heterocycles. The maximum atomic E-state index is 14.7. The summed E-state index contributed by atoms with van der Waals surface area (Å²) < 4.78 is 16.8. The first-order chi connectivity index (χ1) is 24.2. The van der Waals surface area contributed by atoms with Crippen LogP contribution in [0.3, 0.4) is 0 Å². The van der Waals surface area contributed by atoms with E-state index in [1.165, 1.54) is 10.8 Å². The van der Waals surface area contributed by atoms with Gasteiger partial charge in [0, 0.05) is 48.3 Å². The van der Waals surface area contributed by atoms with Crippen LogP contribution in [0, 0.1) is 31.8 Å². The quantitative estimate of drug-likeness (QED) is 0.127. The maximum absolute atomic E-state index is 14.7. The first kappa shape index (κ1) is 36.2. The van der Waals surface area contributed by atoms with Crippen molar-refractivity contribution in [2.24, 2.45) is 0 Å². The number of aromatic nitrogens is 2. The van der Waals surface area contributed by atoms with E-state index in [0.29, 0.717) is 0 Å². The van der Waals surface area contributed by atoms with E-state index in [1.54, 1.807) is 23.5 Å². The van der Waals surface area contributed by atoms with Gasteiger partial charge in [0.1, 0.15) is 5.82 Å². The molecule has 0 unspecified atom stereocenters. The van der Waals surface area contributed by atoms with Crippen molar-refractivity contribution in [2.75, 3.05) is 0 Å². The third-order valence-corrected chi connectivity index (χ3v) is 12.3. The van der Waals surface area contributed by atoms with Crippen LogP contribution in [0.25, 0.3) is 64.9 Å². The minimum Gasteiger partial charge on any atom is -0.305 e. The summed E-state index contributed by atoms with van der Waals surface area (Å²) >= 11 is 1.68. The van der Waals surface area contributed by atoms with Crippen LogP contribution in [0.4, 0.5) is 4.39 Å². The summed E-state index contributed by atoms with van der Waals surface area (Å²) in [5, 5.41) is 3.41. The summed E-state index contributed by atoms with van der Waals surface area (Å²) in [6.07, 6.45) is 3.98. The first-order valence-electron chi connectivity index (χ1n) is 16.8. The predicted octanol–water partition coefficient (Wildman–Crippen LogP) is 12.1. The predicted molar refractivity (Wildman–Crippen MR) is 213 cm³/mol. The molecule has 0 saturated carbocycles. The molecule has 3 heterocycles. The van der Waals surface area contributed by atoms with E-state index < -0.39 is 8.07 Å². The van der Waals surface area contributed by atoms with Crippen LogP contribution in [0.2, 0.25) is 19.6 Å². The molecule has 0 fully saturated rings. The van der Waals surface area contributed by atoms with Gasteiger partial charge in [-0.1, -0.05) is 103 Å². The number of nitrogens with zero attached hydrogens (tertiary/aromatic N) is 2. The summed E-state index contributed by atoms with van der Waals surface area (Å²) in [4.78, 5) is 9.32. The zero-order valence-corrected chi connectivity index (χ0v) is 33.4. The Morgan fingerprint density at radius 1 is 0.627 bits per heavy atom. The Hall–Kier alpha value is -4.58. The monoisotopic (exact) mass is 877 g/mol. The fourth-order valence-electron chi connectivity index (χ4n) is 6.43. The van der Waals surface area contributed by atoms with Gasteiger partial charge in [0.15, 0.2) is 0 Å². The number of pyridine rings is 2. The average Bonchev–Trinajstić information content (AvgIpc) is 3.49. The standard InChI is InChI=1S/C30H19FNS.C15H18NSi.Ir/c1-19-14-28(32-18-27(19)21-10-6-3-7-11-21)22-12-13-29-25(15-22)26-17-23(31)16-24(30(26)33-29)20-8-4-2-5-9-20;1-12-10-14(13-8-6-5-7-9-13)16-11-15(12)17(2,3)4;/h2-11,13-18H,1H3;5-8,10-11H,1-4H3;/q2*-1;. The van der Waals surface area contributed by atoms with Crippen molar-refractivity contribution in [3.8, 4) is 44.8 Å². The molecule has 8 rings (SSSR count). The van der Waals surface area contributed by atoms with Crippen LogP contribution >= 0.6 is 11.3 Å². The second-order valence-corrected chi connectivity index (χ2v) is 19.7. The van der Waals surface area contributed by atoms with E-state index in [-0.39, 0.29) is 25.9 Å². The number of rotatable bonds is 5. The number of benzene rings is 5. The Morgan fingerprint density at radius 3 is 1.88 bits per heavy atom. The average molecular weight is 877 g/mol. The van der Waals surface area contributed by atoms with Crippen molar-refractivity contribution in [2.45, 2.75) is 33.5 Å². The van der Waals surface area contributed by atoms with Crippen molar-refractivity contribution in [1.82, 2.24) is 9.97 Å². The summed E-state index contributed by atoms with van der Waals surface area (Å²) in [6, 6.07) is 46.5. The maximum Gasteiger partial charge on any atom is 0.124 e. The fraction of sp³-hybridized carbons (Fsp3) is 0.111. The molecule has 0 saturated heterocycles. The second kappa shape index (κ2) is 15.3. The van der Waals surface area contributed by atoms with Gasteiger partial charge in [-0.3, -0.25) is 0 Å². The van der Waals surface area contributed by atoms with Gasteiger partial charge in [0.25, 0.3) is 0 Å². The van der Waals surface area contributed by atoms with Crippen molar-refractivity contribution < 1.29 is 24.5 Å². The number of hydrogen-bond donors (Lipinski definition) is 0. The molecule has 2 nitrogen and oxygen atoms in total. The molecule has 0 aliphatic carbocycles. The molecule has 0 aliphatic heterocycles. The molecule has 255 valence electrons. The molecule has 6 heteroatoms. The topological polar surface area (TPSA) is 25.8 Å². The van der Waals surface area contributed by atoms with E-state index in [1.807, 2.05) is 79.0 Å². The van der Waals surface area contributed by atoms with E-state index >= 15 is 0 Å². The zero-order valence-electron chi connectivity index (χ0n) is 29.2. The van der Waals surface area contributed by atoms with E-state index in [0.717, 1.165) is 70.5 Å². The van der Waals surface area contributed by atoms with Crippen LogP contribution < -0.4 is 5.19 Å². The molecule has 51 heavy (non-hydrogen) atoms. The Morgan fingerprint density at radius 2 is 1.25 bits per heavy atom. The van der Waals surface area contributed by atoms with E-state index in [2.05, 4.69) is 93.2 Å². The Kier molecular flexibility index (Phi) is 10.9. The molecule has 0 N–H and O–H groups in total. The van der Waals surface area contributed by atoms with Crippen LogP contribution in [0.5, 0.6) is 0 Å². The molecule has 5 aromatic carbocycles. The fourth-order valence-corrected chi connectivity index (χ4v) is 9.32. The number of fused-ring (bicyclic) bond motifs is 3. The van der Waals surface area contributed by atoms with Crippen LogP contribution in [-0.2, 0) is 20.1 Å². The first-order valence-corrected chi connectivity index (χ1v) is 21.1. The summed E-state index contributed by atoms with van der Waals surface area (Å²) in [5.41, 5.74) is 10.6. The third-order valence-electron chi connectivity index (χ3n) is 8.93. The summed E-state index contributed by atoms with van der Waals surface area (Å²) in [5.74, 6) is -0.225. The zero-order chi connectivity index (χ0) is 34.8.